The summed E-state index contributed by atoms with van der Waals surface area (Å²) in [6, 6.07) is 0.245. The Kier molecular flexibility index (Phi) is 6.37. The first-order valence-corrected chi connectivity index (χ1v) is 5.83. The van der Waals surface area contributed by atoms with Crippen LogP contribution in [0.25, 0.3) is 0 Å². The fraction of sp³-hybridized carbons (Fsp3) is 0.909. The second-order valence-corrected chi connectivity index (χ2v) is 4.20. The lowest BCUT2D eigenvalue weighted by molar-refractivity contribution is -0.126. The summed E-state index contributed by atoms with van der Waals surface area (Å²) in [4.78, 5) is 11.4. The summed E-state index contributed by atoms with van der Waals surface area (Å²) < 4.78 is 9.92. The molecule has 0 spiro atoms. The van der Waals surface area contributed by atoms with Gasteiger partial charge in [-0.1, -0.05) is 6.42 Å². The van der Waals surface area contributed by atoms with E-state index in [9.17, 15) is 4.79 Å². The van der Waals surface area contributed by atoms with Crippen molar-refractivity contribution in [1.29, 1.82) is 0 Å². The van der Waals surface area contributed by atoms with Gasteiger partial charge in [0.05, 0.1) is 13.2 Å². The number of ether oxygens (including phenoxy) is 2. The molecule has 5 heteroatoms. The van der Waals surface area contributed by atoms with Crippen LogP contribution in [0.4, 0.5) is 0 Å². The van der Waals surface area contributed by atoms with Crippen molar-refractivity contribution in [2.24, 2.45) is 11.7 Å². The Bertz CT molecular complexity index is 211. The number of rotatable bonds is 7. The molecule has 0 aromatic rings. The second kappa shape index (κ2) is 7.60. The predicted octanol–water partition coefficient (Wildman–Crippen LogP) is -0.107. The van der Waals surface area contributed by atoms with Crippen LogP contribution in [-0.2, 0) is 14.3 Å². The van der Waals surface area contributed by atoms with Crippen LogP contribution in [0.2, 0.25) is 0 Å². The van der Waals surface area contributed by atoms with Crippen molar-refractivity contribution in [3.8, 4) is 0 Å². The minimum absolute atomic E-state index is 0.0739. The van der Waals surface area contributed by atoms with Crippen LogP contribution in [0.3, 0.4) is 0 Å². The highest BCUT2D eigenvalue weighted by molar-refractivity contribution is 5.77. The van der Waals surface area contributed by atoms with Gasteiger partial charge in [0.25, 0.3) is 0 Å². The van der Waals surface area contributed by atoms with E-state index in [1.54, 1.807) is 7.11 Å². The molecule has 5 nitrogen and oxygen atoms in total. The number of nitrogens with two attached hydrogens (primary N) is 1. The normalized spacial score (nSPS) is 24.6. The zero-order valence-corrected chi connectivity index (χ0v) is 9.91. The highest BCUT2D eigenvalue weighted by Gasteiger charge is 2.23. The lowest BCUT2D eigenvalue weighted by atomic mass is 10.1. The fourth-order valence-corrected chi connectivity index (χ4v) is 1.92. The molecule has 0 bridgehead atoms. The Labute approximate surface area is 96.7 Å². The van der Waals surface area contributed by atoms with Crippen molar-refractivity contribution in [3.05, 3.63) is 0 Å². The molecule has 1 amide bonds. The van der Waals surface area contributed by atoms with Crippen LogP contribution in [0.5, 0.6) is 0 Å². The van der Waals surface area contributed by atoms with Crippen molar-refractivity contribution in [3.63, 3.8) is 0 Å². The van der Waals surface area contributed by atoms with E-state index < -0.39 is 0 Å². The van der Waals surface area contributed by atoms with Crippen molar-refractivity contribution in [2.75, 3.05) is 33.5 Å². The first-order chi connectivity index (χ1) is 7.74. The fourth-order valence-electron chi connectivity index (χ4n) is 1.92. The first-order valence-electron chi connectivity index (χ1n) is 5.83. The number of methoxy groups -OCH3 is 1. The summed E-state index contributed by atoms with van der Waals surface area (Å²) in [6.45, 7) is 1.74. The Balaban J connectivity index is 2.01. The van der Waals surface area contributed by atoms with E-state index in [0.717, 1.165) is 12.8 Å². The number of hydrogen-bond acceptors (Lipinski definition) is 4. The van der Waals surface area contributed by atoms with Crippen molar-refractivity contribution < 1.29 is 14.3 Å². The third kappa shape index (κ3) is 4.92. The average molecular weight is 230 g/mol. The molecule has 0 heterocycles. The molecule has 1 aliphatic rings. The molecular weight excluding hydrogens is 208 g/mol. The smallest absolute Gasteiger partial charge is 0.246 e. The largest absolute Gasteiger partial charge is 0.382 e. The summed E-state index contributed by atoms with van der Waals surface area (Å²) in [6.07, 6.45) is 3.36. The SMILES string of the molecule is COCCOCC(=O)NCC1CCCC1N. The highest BCUT2D eigenvalue weighted by atomic mass is 16.5. The lowest BCUT2D eigenvalue weighted by Gasteiger charge is -2.15. The molecule has 0 saturated heterocycles. The van der Waals surface area contributed by atoms with Crippen LogP contribution in [0, 0.1) is 5.92 Å². The predicted molar refractivity (Wildman–Crippen MR) is 61.0 cm³/mol. The van der Waals surface area contributed by atoms with Crippen LogP contribution >= 0.6 is 0 Å². The maximum absolute atomic E-state index is 11.4. The highest BCUT2D eigenvalue weighted by Crippen LogP contribution is 2.22. The van der Waals surface area contributed by atoms with Gasteiger partial charge in [0.1, 0.15) is 6.61 Å². The van der Waals surface area contributed by atoms with Crippen LogP contribution in [-0.4, -0.2) is 45.4 Å². The van der Waals surface area contributed by atoms with Crippen LogP contribution in [0.1, 0.15) is 19.3 Å². The molecule has 16 heavy (non-hydrogen) atoms. The molecule has 1 rings (SSSR count). The van der Waals surface area contributed by atoms with Gasteiger partial charge in [-0.3, -0.25) is 4.79 Å². The molecule has 3 N–H and O–H groups in total. The maximum atomic E-state index is 11.4. The molecule has 2 atom stereocenters. The number of hydrogen-bond donors (Lipinski definition) is 2. The van der Waals surface area contributed by atoms with E-state index in [2.05, 4.69) is 5.32 Å². The Morgan fingerprint density at radius 1 is 1.44 bits per heavy atom. The monoisotopic (exact) mass is 230 g/mol. The molecule has 2 unspecified atom stereocenters. The summed E-state index contributed by atoms with van der Waals surface area (Å²) in [5.41, 5.74) is 5.91. The molecule has 94 valence electrons. The molecule has 1 saturated carbocycles. The molecular formula is C11H22N2O3. The second-order valence-electron chi connectivity index (χ2n) is 4.20. The van der Waals surface area contributed by atoms with Crippen molar-refractivity contribution in [1.82, 2.24) is 5.32 Å². The number of carbonyl (C=O) groups excluding carboxylic acids is 1. The van der Waals surface area contributed by atoms with E-state index in [1.807, 2.05) is 0 Å². The Hall–Kier alpha value is -0.650. The zero-order valence-electron chi connectivity index (χ0n) is 9.91. The van der Waals surface area contributed by atoms with Gasteiger partial charge in [-0.05, 0) is 18.8 Å². The molecule has 0 aliphatic heterocycles. The summed E-state index contributed by atoms with van der Waals surface area (Å²) in [5.74, 6) is 0.359. The first kappa shape index (κ1) is 13.4. The maximum Gasteiger partial charge on any atom is 0.246 e. The molecule has 1 aliphatic carbocycles. The summed E-state index contributed by atoms with van der Waals surface area (Å²) in [5, 5.41) is 2.85. The van der Waals surface area contributed by atoms with Crippen LogP contribution in [0.15, 0.2) is 0 Å². The number of nitrogens with one attached hydrogen (secondary N) is 1. The van der Waals surface area contributed by atoms with Gasteiger partial charge < -0.3 is 20.5 Å². The minimum Gasteiger partial charge on any atom is -0.382 e. The van der Waals surface area contributed by atoms with E-state index in [-0.39, 0.29) is 18.6 Å². The van der Waals surface area contributed by atoms with Gasteiger partial charge in [0.2, 0.25) is 5.91 Å². The number of amides is 1. The van der Waals surface area contributed by atoms with Crippen molar-refractivity contribution >= 4 is 5.91 Å². The lowest BCUT2D eigenvalue weighted by Crippen LogP contribution is -2.37. The molecule has 0 aromatic heterocycles. The molecule has 1 fully saturated rings. The average Bonchev–Trinajstić information content (AvgIpc) is 2.67. The minimum atomic E-state index is -0.0739. The Morgan fingerprint density at radius 2 is 2.25 bits per heavy atom. The standard InChI is InChI=1S/C11H22N2O3/c1-15-5-6-16-8-11(14)13-7-9-3-2-4-10(9)12/h9-10H,2-8,12H2,1H3,(H,13,14). The van der Waals surface area contributed by atoms with E-state index in [4.69, 9.17) is 15.2 Å². The zero-order chi connectivity index (χ0) is 11.8. The van der Waals surface area contributed by atoms with Crippen LogP contribution < -0.4 is 11.1 Å². The Morgan fingerprint density at radius 3 is 2.88 bits per heavy atom. The van der Waals surface area contributed by atoms with Gasteiger partial charge in [-0.2, -0.15) is 0 Å². The van der Waals surface area contributed by atoms with Gasteiger partial charge in [-0.25, -0.2) is 0 Å². The van der Waals surface area contributed by atoms with E-state index in [1.165, 1.54) is 6.42 Å². The van der Waals surface area contributed by atoms with Crippen molar-refractivity contribution in [2.45, 2.75) is 25.3 Å². The number of carbonyl (C=O) groups is 1. The summed E-state index contributed by atoms with van der Waals surface area (Å²) >= 11 is 0. The molecule has 0 aromatic carbocycles. The summed E-state index contributed by atoms with van der Waals surface area (Å²) in [7, 11) is 1.60. The molecule has 0 radical (unpaired) electrons. The third-order valence-electron chi connectivity index (χ3n) is 2.94. The quantitative estimate of drug-likeness (QED) is 0.599. The van der Waals surface area contributed by atoms with E-state index in [0.29, 0.717) is 25.7 Å². The topological polar surface area (TPSA) is 73.6 Å². The van der Waals surface area contributed by atoms with Gasteiger partial charge in [-0.15, -0.1) is 0 Å². The van der Waals surface area contributed by atoms with Gasteiger partial charge >= 0.3 is 0 Å². The van der Waals surface area contributed by atoms with E-state index >= 15 is 0 Å². The van der Waals surface area contributed by atoms with Gasteiger partial charge in [0.15, 0.2) is 0 Å². The third-order valence-corrected chi connectivity index (χ3v) is 2.94. The van der Waals surface area contributed by atoms with Gasteiger partial charge in [0, 0.05) is 19.7 Å².